The summed E-state index contributed by atoms with van der Waals surface area (Å²) in [6.45, 7) is 4.69. The monoisotopic (exact) mass is 544 g/mol. The van der Waals surface area contributed by atoms with Gasteiger partial charge in [0.15, 0.2) is 28.4 Å². The number of hydrogen-bond acceptors (Lipinski definition) is 11. The molecule has 3 aliphatic carbocycles. The Morgan fingerprint density at radius 1 is 1.05 bits per heavy atom. The molecule has 5 bridgehead atoms. The number of rotatable bonds is 0. The first-order chi connectivity index (χ1) is 18.2. The van der Waals surface area contributed by atoms with Gasteiger partial charge in [-0.15, -0.1) is 0 Å². The van der Waals surface area contributed by atoms with Crippen molar-refractivity contribution in [3.05, 3.63) is 12.2 Å². The minimum atomic E-state index is -2.32. The Hall–Kier alpha value is -2.18. The number of esters is 2. The average molecular weight is 545 g/mol. The Kier molecular flexibility index (Phi) is 4.09. The maximum atomic E-state index is 14.9. The highest BCUT2D eigenvalue weighted by Gasteiger charge is 2.93. The van der Waals surface area contributed by atoms with E-state index in [1.165, 1.54) is 12.2 Å². The van der Waals surface area contributed by atoms with Gasteiger partial charge in [0.1, 0.15) is 11.7 Å². The molecule has 39 heavy (non-hydrogen) atoms. The number of ether oxygens (including phenoxy) is 4. The van der Waals surface area contributed by atoms with E-state index in [4.69, 9.17) is 18.9 Å². The van der Waals surface area contributed by atoms with Gasteiger partial charge in [0.05, 0.1) is 30.0 Å². The SMILES string of the molecule is C[C@@]12C[C@H]3OC(=O)[C@@H]1CO[C@]14O[C@]5(C2C1=O)[C@@](O)(CCC1C4C[C@H](O)[C@]2(O)CC=CC(=O)[C@]12C)C(=O)O[C@@]35C. The van der Waals surface area contributed by atoms with Crippen LogP contribution in [0.15, 0.2) is 12.2 Å². The Morgan fingerprint density at radius 3 is 2.54 bits per heavy atom. The largest absolute Gasteiger partial charge is 0.458 e. The number of hydrogen-bond donors (Lipinski definition) is 3. The van der Waals surface area contributed by atoms with E-state index in [2.05, 4.69) is 0 Å². The molecule has 5 heterocycles. The fourth-order valence-corrected chi connectivity index (χ4v) is 10.6. The van der Waals surface area contributed by atoms with Gasteiger partial charge in [-0.3, -0.25) is 14.4 Å². The van der Waals surface area contributed by atoms with Crippen LogP contribution in [0.5, 0.6) is 0 Å². The number of aliphatic hydroxyl groups is 3. The van der Waals surface area contributed by atoms with Gasteiger partial charge in [-0.2, -0.15) is 0 Å². The number of fused-ring (bicyclic) bond motifs is 5. The van der Waals surface area contributed by atoms with E-state index in [1.807, 2.05) is 0 Å². The molecule has 0 amide bonds. The zero-order valence-electron chi connectivity index (χ0n) is 22.0. The van der Waals surface area contributed by atoms with Crippen LogP contribution in [0, 0.1) is 34.5 Å². The van der Waals surface area contributed by atoms with Crippen LogP contribution in [0.25, 0.3) is 0 Å². The summed E-state index contributed by atoms with van der Waals surface area (Å²) in [6, 6.07) is 0. The second-order valence-electron chi connectivity index (χ2n) is 13.8. The van der Waals surface area contributed by atoms with E-state index in [-0.39, 0.29) is 38.7 Å². The van der Waals surface area contributed by atoms with Crippen LogP contribution < -0.4 is 0 Å². The van der Waals surface area contributed by atoms with Crippen LogP contribution in [0.4, 0.5) is 0 Å². The number of carbonyl (C=O) groups is 4. The highest BCUT2D eigenvalue weighted by atomic mass is 16.8. The number of aliphatic hydroxyl groups excluding tert-OH is 1. The van der Waals surface area contributed by atoms with E-state index in [1.54, 1.807) is 20.8 Å². The summed E-state index contributed by atoms with van der Waals surface area (Å²) in [6.07, 6.45) is 0.491. The van der Waals surface area contributed by atoms with Gasteiger partial charge >= 0.3 is 11.9 Å². The molecule has 2 saturated carbocycles. The average Bonchev–Trinajstić information content (AvgIpc) is 3.19. The fourth-order valence-electron chi connectivity index (χ4n) is 10.6. The van der Waals surface area contributed by atoms with Gasteiger partial charge in [-0.1, -0.05) is 13.0 Å². The molecule has 0 aromatic heterocycles. The van der Waals surface area contributed by atoms with Crippen molar-refractivity contribution in [3.63, 3.8) is 0 Å². The smallest absolute Gasteiger partial charge is 0.342 e. The summed E-state index contributed by atoms with van der Waals surface area (Å²) in [5.41, 5.74) is -10.4. The summed E-state index contributed by atoms with van der Waals surface area (Å²) in [4.78, 5) is 55.5. The van der Waals surface area contributed by atoms with Crippen LogP contribution in [0.3, 0.4) is 0 Å². The van der Waals surface area contributed by atoms with Crippen molar-refractivity contribution in [3.8, 4) is 0 Å². The van der Waals surface area contributed by atoms with Crippen molar-refractivity contribution in [1.29, 1.82) is 0 Å². The normalized spacial score (nSPS) is 62.0. The minimum Gasteiger partial charge on any atom is -0.458 e. The Morgan fingerprint density at radius 2 is 1.79 bits per heavy atom. The van der Waals surface area contributed by atoms with Gasteiger partial charge < -0.3 is 34.3 Å². The number of ketones is 2. The van der Waals surface area contributed by atoms with Crippen LogP contribution in [-0.2, 0) is 38.1 Å². The topological polar surface area (TPSA) is 166 Å². The van der Waals surface area contributed by atoms with Gasteiger partial charge in [-0.25, -0.2) is 4.79 Å². The van der Waals surface area contributed by atoms with Gasteiger partial charge in [0, 0.05) is 5.92 Å². The van der Waals surface area contributed by atoms with Gasteiger partial charge in [0.25, 0.3) is 0 Å². The Labute approximate surface area is 223 Å². The standard InChI is InChI=1S/C28H32O11/c1-22-10-17-24(3)28-18(22)19(31)27(39-28,36-11-14(22)20(32)37-17)13-9-16(30)25(34)7-4-5-15(29)23(25,2)12(13)6-8-26(28,35)21(33)38-24/h4-5,12-14,16-18,30,34-35H,6-11H2,1-3H3/t12?,13?,14-,16-,17+,18?,22+,23-,24-,25+,26+,27+,28-/m0/s1. The molecule has 0 aromatic carbocycles. The number of allylic oxidation sites excluding steroid dienone is 1. The molecule has 210 valence electrons. The predicted octanol–water partition coefficient (Wildman–Crippen LogP) is -0.277. The first-order valence-corrected chi connectivity index (χ1v) is 13.8. The summed E-state index contributed by atoms with van der Waals surface area (Å²) in [5.74, 6) is -8.35. The zero-order valence-corrected chi connectivity index (χ0v) is 22.0. The van der Waals surface area contributed by atoms with Crippen molar-refractivity contribution >= 4 is 23.5 Å². The van der Waals surface area contributed by atoms with Crippen molar-refractivity contribution in [2.45, 2.75) is 93.3 Å². The van der Waals surface area contributed by atoms with Crippen LogP contribution in [0.1, 0.15) is 52.9 Å². The van der Waals surface area contributed by atoms with Gasteiger partial charge in [-0.05, 0) is 63.4 Å². The third-order valence-electron chi connectivity index (χ3n) is 12.7. The number of Topliss-reactive ketones (excluding diaryl/α,β-unsaturated/α-hetero) is 1. The second kappa shape index (κ2) is 6.49. The summed E-state index contributed by atoms with van der Waals surface area (Å²) < 4.78 is 24.9. The maximum Gasteiger partial charge on any atom is 0.342 e. The molecule has 11 nitrogen and oxygen atoms in total. The van der Waals surface area contributed by atoms with Crippen LogP contribution >= 0.6 is 0 Å². The van der Waals surface area contributed by atoms with Crippen molar-refractivity contribution in [1.82, 2.24) is 0 Å². The molecule has 2 spiro atoms. The maximum absolute atomic E-state index is 14.9. The summed E-state index contributed by atoms with van der Waals surface area (Å²) >= 11 is 0. The molecular formula is C28H32O11. The molecule has 3 unspecified atom stereocenters. The lowest BCUT2D eigenvalue weighted by Crippen LogP contribution is -2.79. The minimum absolute atomic E-state index is 0.0207. The van der Waals surface area contributed by atoms with E-state index in [9.17, 15) is 34.5 Å². The molecule has 11 heteroatoms. The molecular weight excluding hydrogens is 512 g/mol. The Bertz CT molecular complexity index is 1330. The third-order valence-corrected chi connectivity index (χ3v) is 12.7. The zero-order chi connectivity index (χ0) is 27.8. The van der Waals surface area contributed by atoms with E-state index >= 15 is 0 Å². The Balaban J connectivity index is 1.43. The van der Waals surface area contributed by atoms with Crippen LogP contribution in [0.2, 0.25) is 0 Å². The molecule has 8 rings (SSSR count). The molecule has 13 atom stereocenters. The lowest BCUT2D eigenvalue weighted by atomic mass is 9.46. The first kappa shape index (κ1) is 24.6. The molecule has 5 aliphatic heterocycles. The third kappa shape index (κ3) is 2.10. The number of carbonyl (C=O) groups excluding carboxylic acids is 4. The summed E-state index contributed by atoms with van der Waals surface area (Å²) in [5, 5.41) is 35.6. The van der Waals surface area contributed by atoms with E-state index in [0.717, 1.165) is 0 Å². The highest BCUT2D eigenvalue weighted by Crippen LogP contribution is 2.75. The predicted molar refractivity (Wildman–Crippen MR) is 125 cm³/mol. The lowest BCUT2D eigenvalue weighted by molar-refractivity contribution is -0.382. The molecule has 3 N–H and O–H groups in total. The van der Waals surface area contributed by atoms with Gasteiger partial charge in [0.2, 0.25) is 5.79 Å². The van der Waals surface area contributed by atoms with Crippen LogP contribution in [-0.4, -0.2) is 85.8 Å². The lowest BCUT2D eigenvalue weighted by Gasteiger charge is -2.64. The van der Waals surface area contributed by atoms with Crippen molar-refractivity contribution in [2.75, 3.05) is 6.61 Å². The van der Waals surface area contributed by atoms with Crippen molar-refractivity contribution < 1.29 is 53.4 Å². The van der Waals surface area contributed by atoms with E-state index in [0.29, 0.717) is 0 Å². The first-order valence-electron chi connectivity index (χ1n) is 13.8. The fraction of sp³-hybridized carbons (Fsp3) is 0.786. The van der Waals surface area contributed by atoms with E-state index < -0.39 is 98.4 Å². The quantitative estimate of drug-likeness (QED) is 0.344. The highest BCUT2D eigenvalue weighted by molar-refractivity contribution is 6.00. The molecule has 0 radical (unpaired) electrons. The molecule has 8 aliphatic rings. The molecule has 0 aromatic rings. The van der Waals surface area contributed by atoms with Crippen molar-refractivity contribution in [2.24, 2.45) is 34.5 Å². The molecule has 5 saturated heterocycles. The molecule has 7 fully saturated rings. The summed E-state index contributed by atoms with van der Waals surface area (Å²) in [7, 11) is 0. The second-order valence-corrected chi connectivity index (χ2v) is 13.8.